The number of aromatic nitrogens is 1. The Hall–Kier alpha value is -3.77. The molecule has 5 rings (SSSR count). The molecule has 5 nitrogen and oxygen atoms in total. The molecular formula is C28H26FN3O2. The van der Waals surface area contributed by atoms with Gasteiger partial charge in [0.25, 0.3) is 5.91 Å². The predicted molar refractivity (Wildman–Crippen MR) is 133 cm³/mol. The number of anilines is 1. The Morgan fingerprint density at radius 3 is 2.35 bits per heavy atom. The van der Waals surface area contributed by atoms with Crippen LogP contribution in [0.15, 0.2) is 72.9 Å². The SMILES string of the molecule is COc1ccc(-c2ccc(C(=O)Nc3cc4ncc(CN5CCCC5)cc4cc3F)cc2)cc1. The number of nitrogens with zero attached hydrogens (tertiary/aromatic N) is 2. The van der Waals surface area contributed by atoms with E-state index in [2.05, 4.69) is 15.2 Å². The van der Waals surface area contributed by atoms with Gasteiger partial charge in [0.15, 0.2) is 0 Å². The van der Waals surface area contributed by atoms with E-state index < -0.39 is 5.82 Å². The topological polar surface area (TPSA) is 54.5 Å². The zero-order chi connectivity index (χ0) is 23.5. The highest BCUT2D eigenvalue weighted by Gasteiger charge is 2.14. The van der Waals surface area contributed by atoms with Gasteiger partial charge in [-0.15, -0.1) is 0 Å². The van der Waals surface area contributed by atoms with Crippen molar-refractivity contribution in [3.63, 3.8) is 0 Å². The van der Waals surface area contributed by atoms with Crippen LogP contribution in [-0.2, 0) is 6.54 Å². The van der Waals surface area contributed by atoms with Crippen molar-refractivity contribution in [3.05, 3.63) is 89.9 Å². The molecule has 2 heterocycles. The molecule has 0 atom stereocenters. The number of fused-ring (bicyclic) bond motifs is 1. The predicted octanol–water partition coefficient (Wildman–Crippen LogP) is 5.90. The summed E-state index contributed by atoms with van der Waals surface area (Å²) in [6.45, 7) is 3.02. The van der Waals surface area contributed by atoms with Gasteiger partial charge >= 0.3 is 0 Å². The van der Waals surface area contributed by atoms with E-state index in [1.807, 2.05) is 48.7 Å². The summed E-state index contributed by atoms with van der Waals surface area (Å²) < 4.78 is 20.0. The maximum Gasteiger partial charge on any atom is 0.255 e. The lowest BCUT2D eigenvalue weighted by Gasteiger charge is -2.15. The van der Waals surface area contributed by atoms with Gasteiger partial charge in [-0.1, -0.05) is 24.3 Å². The second kappa shape index (κ2) is 9.61. The van der Waals surface area contributed by atoms with Gasteiger partial charge < -0.3 is 10.1 Å². The van der Waals surface area contributed by atoms with E-state index in [9.17, 15) is 9.18 Å². The van der Waals surface area contributed by atoms with Crippen LogP contribution in [0.2, 0.25) is 0 Å². The van der Waals surface area contributed by atoms with Gasteiger partial charge in [0.2, 0.25) is 0 Å². The van der Waals surface area contributed by atoms with E-state index in [-0.39, 0.29) is 11.6 Å². The van der Waals surface area contributed by atoms with Crippen molar-refractivity contribution >= 4 is 22.5 Å². The Labute approximate surface area is 198 Å². The van der Waals surface area contributed by atoms with Gasteiger partial charge in [-0.05, 0) is 85.1 Å². The summed E-state index contributed by atoms with van der Waals surface area (Å²) in [6, 6.07) is 19.9. The van der Waals surface area contributed by atoms with E-state index in [4.69, 9.17) is 4.74 Å². The highest BCUT2D eigenvalue weighted by atomic mass is 19.1. The van der Waals surface area contributed by atoms with Crippen molar-refractivity contribution in [1.29, 1.82) is 0 Å². The monoisotopic (exact) mass is 455 g/mol. The van der Waals surface area contributed by atoms with E-state index in [0.717, 1.165) is 47.5 Å². The van der Waals surface area contributed by atoms with Crippen molar-refractivity contribution in [2.45, 2.75) is 19.4 Å². The number of ether oxygens (including phenoxy) is 1. The number of hydrogen-bond donors (Lipinski definition) is 1. The molecule has 1 fully saturated rings. The van der Waals surface area contributed by atoms with E-state index in [0.29, 0.717) is 11.1 Å². The molecule has 0 spiro atoms. The highest BCUT2D eigenvalue weighted by molar-refractivity contribution is 6.05. The molecule has 4 aromatic rings. The molecule has 34 heavy (non-hydrogen) atoms. The Bertz CT molecular complexity index is 1310. The number of likely N-dealkylation sites (tertiary alicyclic amines) is 1. The molecule has 0 aliphatic carbocycles. The Morgan fingerprint density at radius 2 is 1.68 bits per heavy atom. The first-order chi connectivity index (χ1) is 16.6. The number of carbonyl (C=O) groups excluding carboxylic acids is 1. The lowest BCUT2D eigenvalue weighted by molar-refractivity contribution is 0.102. The van der Waals surface area contributed by atoms with Crippen molar-refractivity contribution in [3.8, 4) is 16.9 Å². The summed E-state index contributed by atoms with van der Waals surface area (Å²) in [5, 5.41) is 3.42. The minimum absolute atomic E-state index is 0.122. The molecule has 0 bridgehead atoms. The summed E-state index contributed by atoms with van der Waals surface area (Å²) in [5.41, 5.74) is 4.29. The lowest BCUT2D eigenvalue weighted by atomic mass is 10.0. The van der Waals surface area contributed by atoms with Gasteiger partial charge in [-0.25, -0.2) is 4.39 Å². The lowest BCUT2D eigenvalue weighted by Crippen LogP contribution is -2.18. The molecular weight excluding hydrogens is 429 g/mol. The van der Waals surface area contributed by atoms with Crippen LogP contribution in [0.1, 0.15) is 28.8 Å². The van der Waals surface area contributed by atoms with E-state index in [1.54, 1.807) is 25.3 Å². The average molecular weight is 456 g/mol. The molecule has 0 unspecified atom stereocenters. The third-order valence-electron chi connectivity index (χ3n) is 6.25. The molecule has 1 aliphatic heterocycles. The molecule has 6 heteroatoms. The second-order valence-corrected chi connectivity index (χ2v) is 8.61. The molecule has 1 saturated heterocycles. The number of carbonyl (C=O) groups is 1. The Kier molecular flexibility index (Phi) is 6.23. The zero-order valence-corrected chi connectivity index (χ0v) is 19.1. The van der Waals surface area contributed by atoms with Gasteiger partial charge in [0.1, 0.15) is 11.6 Å². The molecule has 0 saturated carbocycles. The third-order valence-corrected chi connectivity index (χ3v) is 6.25. The number of amides is 1. The van der Waals surface area contributed by atoms with Crippen LogP contribution in [0.5, 0.6) is 5.75 Å². The molecule has 3 aromatic carbocycles. The van der Waals surface area contributed by atoms with Gasteiger partial charge in [0, 0.05) is 23.7 Å². The van der Waals surface area contributed by atoms with Crippen LogP contribution in [0.25, 0.3) is 22.0 Å². The summed E-state index contributed by atoms with van der Waals surface area (Å²) in [5.74, 6) is -0.0597. The minimum Gasteiger partial charge on any atom is -0.497 e. The summed E-state index contributed by atoms with van der Waals surface area (Å²) in [4.78, 5) is 19.7. The molecule has 0 radical (unpaired) electrons. The second-order valence-electron chi connectivity index (χ2n) is 8.61. The number of halogens is 1. The number of pyridine rings is 1. The Balaban J connectivity index is 1.30. The van der Waals surface area contributed by atoms with Crippen molar-refractivity contribution < 1.29 is 13.9 Å². The minimum atomic E-state index is -0.476. The van der Waals surface area contributed by atoms with Crippen molar-refractivity contribution in [2.24, 2.45) is 0 Å². The fourth-order valence-corrected chi connectivity index (χ4v) is 4.37. The fourth-order valence-electron chi connectivity index (χ4n) is 4.37. The smallest absolute Gasteiger partial charge is 0.255 e. The molecule has 1 amide bonds. The van der Waals surface area contributed by atoms with Crippen LogP contribution in [0, 0.1) is 5.82 Å². The van der Waals surface area contributed by atoms with Crippen molar-refractivity contribution in [1.82, 2.24) is 9.88 Å². The summed E-state index contributed by atoms with van der Waals surface area (Å²) in [6.07, 6.45) is 4.29. The summed E-state index contributed by atoms with van der Waals surface area (Å²) >= 11 is 0. The number of hydrogen-bond acceptors (Lipinski definition) is 4. The van der Waals surface area contributed by atoms with Crippen LogP contribution in [-0.4, -0.2) is 36.0 Å². The third kappa shape index (κ3) is 4.77. The quantitative estimate of drug-likeness (QED) is 0.393. The molecule has 1 N–H and O–H groups in total. The molecule has 172 valence electrons. The first-order valence-corrected chi connectivity index (χ1v) is 11.5. The van der Waals surface area contributed by atoms with Gasteiger partial charge in [-0.3, -0.25) is 14.7 Å². The number of methoxy groups -OCH3 is 1. The largest absolute Gasteiger partial charge is 0.497 e. The maximum atomic E-state index is 14.8. The summed E-state index contributed by atoms with van der Waals surface area (Å²) in [7, 11) is 1.63. The fraction of sp³-hybridized carbons (Fsp3) is 0.214. The van der Waals surface area contributed by atoms with Gasteiger partial charge in [-0.2, -0.15) is 0 Å². The molecule has 1 aromatic heterocycles. The van der Waals surface area contributed by atoms with Crippen LogP contribution >= 0.6 is 0 Å². The normalized spacial score (nSPS) is 13.8. The van der Waals surface area contributed by atoms with E-state index >= 15 is 0 Å². The van der Waals surface area contributed by atoms with Crippen LogP contribution < -0.4 is 10.1 Å². The van der Waals surface area contributed by atoms with Gasteiger partial charge in [0.05, 0.1) is 18.3 Å². The highest BCUT2D eigenvalue weighted by Crippen LogP contribution is 2.25. The first kappa shape index (κ1) is 22.0. The Morgan fingerprint density at radius 1 is 1.00 bits per heavy atom. The maximum absolute atomic E-state index is 14.8. The van der Waals surface area contributed by atoms with E-state index in [1.165, 1.54) is 18.9 Å². The van der Waals surface area contributed by atoms with Crippen molar-refractivity contribution in [2.75, 3.05) is 25.5 Å². The van der Waals surface area contributed by atoms with Crippen LogP contribution in [0.3, 0.4) is 0 Å². The zero-order valence-electron chi connectivity index (χ0n) is 19.1. The number of rotatable bonds is 6. The van der Waals surface area contributed by atoms with Crippen LogP contribution in [0.4, 0.5) is 10.1 Å². The molecule has 1 aliphatic rings. The number of benzene rings is 3. The number of nitrogens with one attached hydrogen (secondary N) is 1. The first-order valence-electron chi connectivity index (χ1n) is 11.5. The average Bonchev–Trinajstić information content (AvgIpc) is 3.38. The standard InChI is InChI=1S/C28H26FN3O2/c1-34-24-10-8-21(9-11-24)20-4-6-22(7-5-20)28(33)31-27-16-26-23(15-25(27)29)14-19(17-30-26)18-32-12-2-3-13-32/h4-11,14-17H,2-3,12-13,18H2,1H3,(H,31,33).